The van der Waals surface area contributed by atoms with E-state index >= 15 is 0 Å². The van der Waals surface area contributed by atoms with Gasteiger partial charge in [-0.25, -0.2) is 4.39 Å². The highest BCUT2D eigenvalue weighted by molar-refractivity contribution is 5.97. The molecule has 1 amide bonds. The first-order chi connectivity index (χ1) is 12.2. The minimum atomic E-state index is -0.266. The molecular weight excluding hydrogens is 317 g/mol. The van der Waals surface area contributed by atoms with Crippen LogP contribution in [0.5, 0.6) is 0 Å². The Morgan fingerprint density at radius 2 is 2.00 bits per heavy atom. The lowest BCUT2D eigenvalue weighted by atomic mass is 10.1. The van der Waals surface area contributed by atoms with E-state index < -0.39 is 0 Å². The van der Waals surface area contributed by atoms with Gasteiger partial charge in [0, 0.05) is 41.7 Å². The van der Waals surface area contributed by atoms with E-state index in [1.54, 1.807) is 36.5 Å². The van der Waals surface area contributed by atoms with Gasteiger partial charge in [-0.1, -0.05) is 18.2 Å². The smallest absolute Gasteiger partial charge is 0.253 e. The van der Waals surface area contributed by atoms with Crippen molar-refractivity contribution >= 4 is 18.1 Å². The fourth-order valence-electron chi connectivity index (χ4n) is 2.94. The predicted octanol–water partition coefficient (Wildman–Crippen LogP) is 3.67. The molecule has 0 bridgehead atoms. The van der Waals surface area contributed by atoms with Crippen molar-refractivity contribution in [2.75, 3.05) is 6.54 Å². The third-order valence-corrected chi connectivity index (χ3v) is 4.24. The van der Waals surface area contributed by atoms with Gasteiger partial charge in [0.05, 0.1) is 11.3 Å². The first-order valence-electron chi connectivity index (χ1n) is 8.10. The van der Waals surface area contributed by atoms with E-state index in [4.69, 9.17) is 0 Å². The summed E-state index contributed by atoms with van der Waals surface area (Å²) in [5, 5.41) is 2.84. The normalized spacial score (nSPS) is 13.7. The van der Waals surface area contributed by atoms with Gasteiger partial charge in [-0.05, 0) is 36.4 Å². The third kappa shape index (κ3) is 3.08. The highest BCUT2D eigenvalue weighted by Crippen LogP contribution is 2.24. The van der Waals surface area contributed by atoms with Gasteiger partial charge in [-0.15, -0.1) is 0 Å². The fraction of sp³-hybridized carbons (Fsp3) is 0.100. The number of hydrogen-bond acceptors (Lipinski definition) is 2. The van der Waals surface area contributed by atoms with Crippen molar-refractivity contribution < 1.29 is 9.18 Å². The summed E-state index contributed by atoms with van der Waals surface area (Å²) in [4.78, 5) is 19.5. The van der Waals surface area contributed by atoms with E-state index in [0.717, 1.165) is 29.1 Å². The van der Waals surface area contributed by atoms with E-state index in [0.29, 0.717) is 17.7 Å². The number of halogens is 1. The largest absolute Gasteiger partial charge is 0.358 e. The Morgan fingerprint density at radius 1 is 1.12 bits per heavy atom. The van der Waals surface area contributed by atoms with Crippen LogP contribution in [-0.2, 0) is 6.42 Å². The van der Waals surface area contributed by atoms with Crippen molar-refractivity contribution in [3.8, 4) is 11.3 Å². The Bertz CT molecular complexity index is 975. The molecule has 1 aliphatic heterocycles. The molecule has 4 rings (SSSR count). The second-order valence-electron chi connectivity index (χ2n) is 5.91. The quantitative estimate of drug-likeness (QED) is 0.768. The summed E-state index contributed by atoms with van der Waals surface area (Å²) >= 11 is 0. The lowest BCUT2D eigenvalue weighted by molar-refractivity contribution is 0.0946. The van der Waals surface area contributed by atoms with Crippen LogP contribution in [-0.4, -0.2) is 22.4 Å². The van der Waals surface area contributed by atoms with E-state index in [1.807, 2.05) is 18.2 Å². The second-order valence-corrected chi connectivity index (χ2v) is 5.91. The molecule has 1 aromatic carbocycles. The zero-order chi connectivity index (χ0) is 17.2. The monoisotopic (exact) mass is 333 g/mol. The maximum atomic E-state index is 13.7. The molecule has 5 heteroatoms. The summed E-state index contributed by atoms with van der Waals surface area (Å²) in [5.74, 6) is -0.310. The van der Waals surface area contributed by atoms with Gasteiger partial charge < -0.3 is 10.3 Å². The average molecular weight is 333 g/mol. The summed E-state index contributed by atoms with van der Waals surface area (Å²) in [5.41, 5.74) is 4.70. The predicted molar refractivity (Wildman–Crippen MR) is 95.4 cm³/mol. The Hall–Kier alpha value is -3.21. The van der Waals surface area contributed by atoms with Crippen molar-refractivity contribution in [1.29, 1.82) is 0 Å². The van der Waals surface area contributed by atoms with Gasteiger partial charge in [0.25, 0.3) is 5.91 Å². The van der Waals surface area contributed by atoms with Crippen molar-refractivity contribution in [1.82, 2.24) is 15.3 Å². The Balaban J connectivity index is 1.64. The number of aromatic nitrogens is 2. The summed E-state index contributed by atoms with van der Waals surface area (Å²) in [6, 6.07) is 12.3. The van der Waals surface area contributed by atoms with Crippen LogP contribution in [0.15, 0.2) is 48.7 Å². The van der Waals surface area contributed by atoms with Crippen LogP contribution in [0.3, 0.4) is 0 Å². The topological polar surface area (TPSA) is 57.8 Å². The number of amides is 1. The highest BCUT2D eigenvalue weighted by Gasteiger charge is 2.19. The summed E-state index contributed by atoms with van der Waals surface area (Å²) in [6.07, 6.45) is 5.98. The molecule has 3 aromatic rings. The zero-order valence-electron chi connectivity index (χ0n) is 13.4. The Kier molecular flexibility index (Phi) is 3.90. The molecule has 124 valence electrons. The molecule has 25 heavy (non-hydrogen) atoms. The molecule has 2 N–H and O–H groups in total. The Labute approximate surface area is 144 Å². The lowest BCUT2D eigenvalue weighted by Crippen LogP contribution is -2.31. The van der Waals surface area contributed by atoms with Gasteiger partial charge in [-0.2, -0.15) is 0 Å². The summed E-state index contributed by atoms with van der Waals surface area (Å²) in [7, 11) is 0. The van der Waals surface area contributed by atoms with E-state index in [1.165, 1.54) is 6.07 Å². The van der Waals surface area contributed by atoms with E-state index in [-0.39, 0.29) is 11.7 Å². The minimum absolute atomic E-state index is 0.0440. The zero-order valence-corrected chi connectivity index (χ0v) is 13.4. The van der Waals surface area contributed by atoms with E-state index in [9.17, 15) is 9.18 Å². The van der Waals surface area contributed by atoms with Crippen LogP contribution in [0.2, 0.25) is 0 Å². The van der Waals surface area contributed by atoms with Crippen LogP contribution in [0.25, 0.3) is 23.4 Å². The number of nitrogens with one attached hydrogen (secondary N) is 2. The summed E-state index contributed by atoms with van der Waals surface area (Å²) < 4.78 is 13.7. The maximum absolute atomic E-state index is 13.7. The average Bonchev–Trinajstić information content (AvgIpc) is 3.07. The minimum Gasteiger partial charge on any atom is -0.358 e. The second kappa shape index (κ2) is 6.36. The molecule has 4 nitrogen and oxygen atoms in total. The number of nitrogens with zero attached hydrogens (tertiary/aromatic N) is 1. The van der Waals surface area contributed by atoms with Crippen molar-refractivity contribution in [3.63, 3.8) is 0 Å². The molecular formula is C20H16FN3O. The van der Waals surface area contributed by atoms with Gasteiger partial charge in [0.1, 0.15) is 5.82 Å². The first kappa shape index (κ1) is 15.3. The number of fused-ring (bicyclic) bond motifs is 1. The molecule has 2 aromatic heterocycles. The van der Waals surface area contributed by atoms with Gasteiger partial charge in [-0.3, -0.25) is 9.78 Å². The van der Waals surface area contributed by atoms with Crippen LogP contribution in [0.4, 0.5) is 4.39 Å². The van der Waals surface area contributed by atoms with Crippen molar-refractivity contribution in [2.24, 2.45) is 0 Å². The number of H-pyrrole nitrogens is 1. The number of carbonyl (C=O) groups is 1. The SMILES string of the molecule is O=C1NCCc2[nH]c(-c3ccnc(C=Cc4ccccc4F)c3)cc21. The summed E-state index contributed by atoms with van der Waals surface area (Å²) in [6.45, 7) is 0.652. The molecule has 0 spiro atoms. The molecule has 0 fully saturated rings. The van der Waals surface area contributed by atoms with Crippen molar-refractivity contribution in [3.05, 3.63) is 77.0 Å². The molecule has 1 aliphatic rings. The van der Waals surface area contributed by atoms with Gasteiger partial charge in [0.2, 0.25) is 0 Å². The van der Waals surface area contributed by atoms with E-state index in [2.05, 4.69) is 15.3 Å². The molecule has 0 atom stereocenters. The molecule has 3 heterocycles. The maximum Gasteiger partial charge on any atom is 0.253 e. The molecule has 0 aliphatic carbocycles. The molecule has 0 radical (unpaired) electrons. The van der Waals surface area contributed by atoms with Crippen molar-refractivity contribution in [2.45, 2.75) is 6.42 Å². The van der Waals surface area contributed by atoms with Crippen LogP contribution < -0.4 is 5.32 Å². The molecule has 0 unspecified atom stereocenters. The highest BCUT2D eigenvalue weighted by atomic mass is 19.1. The third-order valence-electron chi connectivity index (χ3n) is 4.24. The van der Waals surface area contributed by atoms with Gasteiger partial charge in [0.15, 0.2) is 0 Å². The molecule has 0 saturated heterocycles. The lowest BCUT2D eigenvalue weighted by Gasteiger charge is -2.10. The van der Waals surface area contributed by atoms with Crippen LogP contribution in [0.1, 0.15) is 27.3 Å². The fourth-order valence-corrected chi connectivity index (χ4v) is 2.94. The Morgan fingerprint density at radius 3 is 2.84 bits per heavy atom. The standard InChI is InChI=1S/C20H16FN3O/c21-17-4-2-1-3-13(17)5-6-15-11-14(7-9-22-15)19-12-16-18(24-19)8-10-23-20(16)25/h1-7,9,11-12,24H,8,10H2,(H,23,25). The number of hydrogen-bond donors (Lipinski definition) is 2. The number of benzene rings is 1. The first-order valence-corrected chi connectivity index (χ1v) is 8.10. The molecule has 0 saturated carbocycles. The number of aromatic amines is 1. The van der Waals surface area contributed by atoms with Gasteiger partial charge >= 0.3 is 0 Å². The number of carbonyl (C=O) groups excluding carboxylic acids is 1. The number of pyridine rings is 1. The van der Waals surface area contributed by atoms with Crippen LogP contribution in [0, 0.1) is 5.82 Å². The number of rotatable bonds is 3. The van der Waals surface area contributed by atoms with Crippen LogP contribution >= 0.6 is 0 Å².